The summed E-state index contributed by atoms with van der Waals surface area (Å²) in [4.78, 5) is 21.9. The van der Waals surface area contributed by atoms with Gasteiger partial charge in [0.2, 0.25) is 0 Å². The van der Waals surface area contributed by atoms with Crippen LogP contribution in [-0.2, 0) is 12.7 Å². The van der Waals surface area contributed by atoms with Crippen LogP contribution in [0.3, 0.4) is 0 Å². The van der Waals surface area contributed by atoms with Gasteiger partial charge in [0.05, 0.1) is 24.1 Å². The van der Waals surface area contributed by atoms with Crippen LogP contribution in [0.2, 0.25) is 0 Å². The van der Waals surface area contributed by atoms with Gasteiger partial charge in [-0.05, 0) is 12.1 Å². The lowest BCUT2D eigenvalue weighted by Gasteiger charge is -2.12. The van der Waals surface area contributed by atoms with Gasteiger partial charge in [0.1, 0.15) is 5.75 Å². The molecule has 2 rings (SSSR count). The predicted molar refractivity (Wildman–Crippen MR) is 74.5 cm³/mol. The van der Waals surface area contributed by atoms with Gasteiger partial charge in [-0.3, -0.25) is 14.9 Å². The molecule has 0 atom stereocenters. The minimum absolute atomic E-state index is 0.225. The van der Waals surface area contributed by atoms with E-state index in [2.05, 4.69) is 0 Å². The number of methoxy groups -OCH3 is 1. The Morgan fingerprint density at radius 2 is 1.96 bits per heavy atom. The van der Waals surface area contributed by atoms with Crippen molar-refractivity contribution in [2.45, 2.75) is 12.7 Å². The van der Waals surface area contributed by atoms with Gasteiger partial charge in [0.15, 0.2) is 0 Å². The first-order chi connectivity index (χ1) is 10.7. The van der Waals surface area contributed by atoms with Crippen molar-refractivity contribution in [1.29, 1.82) is 0 Å². The Balaban J connectivity index is 2.48. The van der Waals surface area contributed by atoms with Gasteiger partial charge in [-0.15, -0.1) is 0 Å². The number of rotatable bonds is 4. The third-order valence-electron chi connectivity index (χ3n) is 3.13. The van der Waals surface area contributed by atoms with Crippen LogP contribution in [0.5, 0.6) is 5.75 Å². The van der Waals surface area contributed by atoms with Gasteiger partial charge in [0.25, 0.3) is 11.2 Å². The zero-order chi connectivity index (χ0) is 17.2. The number of nitrogens with zero attached hydrogens (tertiary/aromatic N) is 2. The summed E-state index contributed by atoms with van der Waals surface area (Å²) in [6.45, 7) is -0.284. The maximum atomic E-state index is 12.7. The van der Waals surface area contributed by atoms with E-state index in [4.69, 9.17) is 4.74 Å². The number of benzene rings is 1. The molecule has 0 aliphatic rings. The monoisotopic (exact) mass is 328 g/mol. The zero-order valence-electron chi connectivity index (χ0n) is 11.8. The summed E-state index contributed by atoms with van der Waals surface area (Å²) in [6.07, 6.45) is -3.93. The highest BCUT2D eigenvalue weighted by molar-refractivity contribution is 5.44. The summed E-state index contributed by atoms with van der Waals surface area (Å²) in [5.41, 5.74) is -1.67. The van der Waals surface area contributed by atoms with E-state index in [1.165, 1.54) is 19.2 Å². The van der Waals surface area contributed by atoms with Crippen LogP contribution < -0.4 is 10.3 Å². The molecule has 0 aliphatic carbocycles. The van der Waals surface area contributed by atoms with Crippen molar-refractivity contribution in [2.75, 3.05) is 7.11 Å². The number of hydrogen-bond acceptors (Lipinski definition) is 4. The Bertz CT molecular complexity index is 799. The summed E-state index contributed by atoms with van der Waals surface area (Å²) in [7, 11) is 1.32. The minimum atomic E-state index is -4.60. The highest BCUT2D eigenvalue weighted by Gasteiger charge is 2.31. The zero-order valence-corrected chi connectivity index (χ0v) is 11.8. The molecule has 0 saturated carbocycles. The second kappa shape index (κ2) is 6.11. The quantitative estimate of drug-likeness (QED) is 0.639. The van der Waals surface area contributed by atoms with E-state index in [0.717, 1.165) is 16.7 Å². The van der Waals surface area contributed by atoms with Crippen molar-refractivity contribution in [1.82, 2.24) is 4.57 Å². The lowest BCUT2D eigenvalue weighted by molar-refractivity contribution is -0.384. The maximum Gasteiger partial charge on any atom is 0.417 e. The molecule has 1 aromatic heterocycles. The van der Waals surface area contributed by atoms with Crippen LogP contribution in [0.4, 0.5) is 18.9 Å². The van der Waals surface area contributed by atoms with Crippen molar-refractivity contribution in [3.8, 4) is 5.75 Å². The van der Waals surface area contributed by atoms with Crippen LogP contribution in [0.25, 0.3) is 0 Å². The number of pyridine rings is 1. The molecule has 9 heteroatoms. The van der Waals surface area contributed by atoms with Crippen LogP contribution in [0.1, 0.15) is 11.1 Å². The van der Waals surface area contributed by atoms with Crippen molar-refractivity contribution in [3.05, 3.63) is 68.1 Å². The van der Waals surface area contributed by atoms with E-state index in [1.807, 2.05) is 0 Å². The summed E-state index contributed by atoms with van der Waals surface area (Å²) < 4.78 is 44.0. The first-order valence-electron chi connectivity index (χ1n) is 6.31. The van der Waals surface area contributed by atoms with E-state index >= 15 is 0 Å². The Morgan fingerprint density at radius 3 is 2.52 bits per heavy atom. The van der Waals surface area contributed by atoms with E-state index in [-0.39, 0.29) is 23.5 Å². The number of hydrogen-bond donors (Lipinski definition) is 0. The normalized spacial score (nSPS) is 11.3. The molecular formula is C14H11F3N2O4. The van der Waals surface area contributed by atoms with Crippen LogP contribution in [0.15, 0.2) is 41.3 Å². The fraction of sp³-hybridized carbons (Fsp3) is 0.214. The highest BCUT2D eigenvalue weighted by Crippen LogP contribution is 2.29. The summed E-state index contributed by atoms with van der Waals surface area (Å²) >= 11 is 0. The van der Waals surface area contributed by atoms with Crippen LogP contribution >= 0.6 is 0 Å². The topological polar surface area (TPSA) is 74.4 Å². The van der Waals surface area contributed by atoms with Crippen molar-refractivity contribution in [2.24, 2.45) is 0 Å². The molecular weight excluding hydrogens is 317 g/mol. The summed E-state index contributed by atoms with van der Waals surface area (Å²) in [5, 5.41) is 10.8. The summed E-state index contributed by atoms with van der Waals surface area (Å²) in [6, 6.07) is 5.17. The van der Waals surface area contributed by atoms with Crippen molar-refractivity contribution in [3.63, 3.8) is 0 Å². The molecule has 23 heavy (non-hydrogen) atoms. The highest BCUT2D eigenvalue weighted by atomic mass is 19.4. The van der Waals surface area contributed by atoms with Gasteiger partial charge in [-0.1, -0.05) is 0 Å². The molecule has 6 nitrogen and oxygen atoms in total. The fourth-order valence-electron chi connectivity index (χ4n) is 2.01. The average molecular weight is 328 g/mol. The first-order valence-corrected chi connectivity index (χ1v) is 6.31. The molecule has 0 bridgehead atoms. The lowest BCUT2D eigenvalue weighted by Crippen LogP contribution is -2.22. The smallest absolute Gasteiger partial charge is 0.417 e. The molecule has 0 amide bonds. The van der Waals surface area contributed by atoms with E-state index in [9.17, 15) is 28.1 Å². The number of halogens is 3. The SMILES string of the molecule is COc1ccc([N+](=O)[O-])cc1Cn1cc(C(F)(F)F)ccc1=O. The molecule has 0 aliphatic heterocycles. The average Bonchev–Trinajstić information content (AvgIpc) is 2.48. The van der Waals surface area contributed by atoms with E-state index in [1.54, 1.807) is 0 Å². The van der Waals surface area contributed by atoms with Crippen LogP contribution in [0, 0.1) is 10.1 Å². The molecule has 0 radical (unpaired) electrons. The Morgan fingerprint density at radius 1 is 1.26 bits per heavy atom. The van der Waals surface area contributed by atoms with Gasteiger partial charge < -0.3 is 9.30 Å². The number of nitro groups is 1. The second-order valence-electron chi connectivity index (χ2n) is 4.63. The minimum Gasteiger partial charge on any atom is -0.496 e. The fourth-order valence-corrected chi connectivity index (χ4v) is 2.01. The standard InChI is InChI=1S/C14H11F3N2O4/c1-23-12-4-3-11(19(21)22)6-9(12)7-18-8-10(14(15,16)17)2-5-13(18)20/h2-6,8H,7H2,1H3. The maximum absolute atomic E-state index is 12.7. The second-order valence-corrected chi connectivity index (χ2v) is 4.63. The number of nitro benzene ring substituents is 1. The molecule has 1 heterocycles. The third-order valence-corrected chi connectivity index (χ3v) is 3.13. The molecule has 2 aromatic rings. The van der Waals surface area contributed by atoms with Gasteiger partial charge in [-0.25, -0.2) is 0 Å². The molecule has 122 valence electrons. The van der Waals surface area contributed by atoms with Gasteiger partial charge >= 0.3 is 6.18 Å². The van der Waals surface area contributed by atoms with E-state index < -0.39 is 22.2 Å². The largest absolute Gasteiger partial charge is 0.496 e. The number of aromatic nitrogens is 1. The number of ether oxygens (including phenoxy) is 1. The van der Waals surface area contributed by atoms with Crippen LogP contribution in [-0.4, -0.2) is 16.6 Å². The molecule has 0 fully saturated rings. The molecule has 1 aromatic carbocycles. The first kappa shape index (κ1) is 16.5. The molecule has 0 saturated heterocycles. The Kier molecular flexibility index (Phi) is 4.39. The van der Waals surface area contributed by atoms with Gasteiger partial charge in [-0.2, -0.15) is 13.2 Å². The van der Waals surface area contributed by atoms with Crippen molar-refractivity contribution >= 4 is 5.69 Å². The lowest BCUT2D eigenvalue weighted by atomic mass is 10.1. The summed E-state index contributed by atoms with van der Waals surface area (Å²) in [5.74, 6) is 0.236. The number of non-ortho nitro benzene ring substituents is 1. The van der Waals surface area contributed by atoms with E-state index in [0.29, 0.717) is 12.3 Å². The van der Waals surface area contributed by atoms with Crippen molar-refractivity contribution < 1.29 is 22.8 Å². The van der Waals surface area contributed by atoms with Gasteiger partial charge in [0, 0.05) is 30.0 Å². The number of alkyl halides is 3. The molecule has 0 N–H and O–H groups in total. The molecule has 0 unspecified atom stereocenters. The molecule has 0 spiro atoms. The Labute approximate surface area is 127 Å². The predicted octanol–water partition coefficient (Wildman–Crippen LogP) is 2.83. The third kappa shape index (κ3) is 3.68. The Hall–Kier alpha value is -2.84.